The van der Waals surface area contributed by atoms with Crippen LogP contribution in [0.2, 0.25) is 5.02 Å². The molecule has 0 radical (unpaired) electrons. The third kappa shape index (κ3) is 4.02. The van der Waals surface area contributed by atoms with Crippen molar-refractivity contribution in [3.05, 3.63) is 52.9 Å². The van der Waals surface area contributed by atoms with E-state index >= 15 is 0 Å². The summed E-state index contributed by atoms with van der Waals surface area (Å²) < 4.78 is 24.8. The fraction of sp³-hybridized carbons (Fsp3) is 0.176. The summed E-state index contributed by atoms with van der Waals surface area (Å²) in [5.74, 6) is -1.68. The molecule has 1 aromatic carbocycles. The minimum absolute atomic E-state index is 0.0909. The van der Waals surface area contributed by atoms with E-state index in [1.165, 1.54) is 18.3 Å². The maximum Gasteiger partial charge on any atom is 0.338 e. The Morgan fingerprint density at radius 1 is 1.42 bits per heavy atom. The van der Waals surface area contributed by atoms with Crippen LogP contribution in [0.15, 0.2) is 31.0 Å². The van der Waals surface area contributed by atoms with Gasteiger partial charge in [0.25, 0.3) is 0 Å². The van der Waals surface area contributed by atoms with Crippen LogP contribution in [0, 0.1) is 5.82 Å². The molecule has 0 aliphatic heterocycles. The lowest BCUT2D eigenvalue weighted by Gasteiger charge is -2.13. The largest absolute Gasteiger partial charge is 0.478 e. The number of hydrogen-bond donors (Lipinski definition) is 1. The van der Waals surface area contributed by atoms with E-state index in [4.69, 9.17) is 26.2 Å². The van der Waals surface area contributed by atoms with E-state index in [-0.39, 0.29) is 28.5 Å². The van der Waals surface area contributed by atoms with E-state index in [9.17, 15) is 9.18 Å². The summed E-state index contributed by atoms with van der Waals surface area (Å²) in [6, 6.07) is 3.60. The number of benzene rings is 1. The minimum Gasteiger partial charge on any atom is -0.478 e. The van der Waals surface area contributed by atoms with Gasteiger partial charge in [-0.15, -0.1) is 0 Å². The average molecular weight is 352 g/mol. The number of ether oxygens (including phenoxy) is 2. The molecule has 0 spiro atoms. The van der Waals surface area contributed by atoms with E-state index in [1.807, 2.05) is 13.8 Å². The number of nitrogens with zero attached hydrogens (tertiary/aromatic N) is 1. The number of carboxylic acids is 1. The van der Waals surface area contributed by atoms with Crippen molar-refractivity contribution >= 4 is 23.6 Å². The predicted molar refractivity (Wildman–Crippen MR) is 88.5 cm³/mol. The van der Waals surface area contributed by atoms with Gasteiger partial charge in [-0.25, -0.2) is 14.2 Å². The number of aromatic nitrogens is 1. The molecule has 126 valence electrons. The summed E-state index contributed by atoms with van der Waals surface area (Å²) in [5, 5.41) is 9.19. The van der Waals surface area contributed by atoms with Gasteiger partial charge in [0.1, 0.15) is 22.3 Å². The Balaban J connectivity index is 2.34. The lowest BCUT2D eigenvalue weighted by Crippen LogP contribution is -2.07. The van der Waals surface area contributed by atoms with Gasteiger partial charge in [0.15, 0.2) is 0 Å². The van der Waals surface area contributed by atoms with Gasteiger partial charge in [0, 0.05) is 17.7 Å². The quantitative estimate of drug-likeness (QED) is 0.810. The fourth-order valence-electron chi connectivity index (χ4n) is 1.88. The van der Waals surface area contributed by atoms with Crippen LogP contribution >= 0.6 is 11.6 Å². The molecule has 1 aromatic heterocycles. The Morgan fingerprint density at radius 2 is 2.12 bits per heavy atom. The SMILES string of the molecule is C=Cc1cc(C(=O)O)c(F)cc1Oc1cnc(OC(C)C)c(Cl)c1. The van der Waals surface area contributed by atoms with Crippen molar-refractivity contribution in [3.63, 3.8) is 0 Å². The second kappa shape index (κ2) is 7.31. The summed E-state index contributed by atoms with van der Waals surface area (Å²) in [5.41, 5.74) is -0.137. The van der Waals surface area contributed by atoms with Crippen LogP contribution in [-0.4, -0.2) is 22.2 Å². The molecule has 0 bridgehead atoms. The molecule has 0 atom stereocenters. The highest BCUT2D eigenvalue weighted by molar-refractivity contribution is 6.31. The molecule has 24 heavy (non-hydrogen) atoms. The molecule has 0 saturated heterocycles. The highest BCUT2D eigenvalue weighted by Gasteiger charge is 2.16. The molecule has 2 rings (SSSR count). The van der Waals surface area contributed by atoms with Crippen molar-refractivity contribution in [1.82, 2.24) is 4.98 Å². The van der Waals surface area contributed by atoms with E-state index in [1.54, 1.807) is 0 Å². The van der Waals surface area contributed by atoms with Crippen LogP contribution < -0.4 is 9.47 Å². The molecule has 2 aromatic rings. The zero-order valence-corrected chi connectivity index (χ0v) is 13.8. The molecule has 1 N–H and O–H groups in total. The number of rotatable bonds is 6. The van der Waals surface area contributed by atoms with E-state index in [0.717, 1.165) is 12.1 Å². The number of hydrogen-bond acceptors (Lipinski definition) is 4. The van der Waals surface area contributed by atoms with Gasteiger partial charge in [-0.3, -0.25) is 0 Å². The summed E-state index contributed by atoms with van der Waals surface area (Å²) in [4.78, 5) is 15.0. The Morgan fingerprint density at radius 3 is 2.67 bits per heavy atom. The van der Waals surface area contributed by atoms with Crippen molar-refractivity contribution in [2.75, 3.05) is 0 Å². The maximum absolute atomic E-state index is 13.8. The molecule has 7 heteroatoms. The van der Waals surface area contributed by atoms with E-state index in [0.29, 0.717) is 5.56 Å². The Hall–Kier alpha value is -2.60. The Labute approximate surface area is 143 Å². The zero-order chi connectivity index (χ0) is 17.9. The van der Waals surface area contributed by atoms with Crippen LogP contribution in [0.4, 0.5) is 4.39 Å². The van der Waals surface area contributed by atoms with Gasteiger partial charge in [-0.1, -0.05) is 24.3 Å². The van der Waals surface area contributed by atoms with Gasteiger partial charge < -0.3 is 14.6 Å². The van der Waals surface area contributed by atoms with Crippen LogP contribution in [0.1, 0.15) is 29.8 Å². The normalized spacial score (nSPS) is 10.5. The highest BCUT2D eigenvalue weighted by Crippen LogP contribution is 2.32. The summed E-state index contributed by atoms with van der Waals surface area (Å²) in [7, 11) is 0. The number of halogens is 2. The first kappa shape index (κ1) is 17.7. The van der Waals surface area contributed by atoms with Crippen molar-refractivity contribution < 1.29 is 23.8 Å². The minimum atomic E-state index is -1.37. The first-order chi connectivity index (χ1) is 11.3. The van der Waals surface area contributed by atoms with Crippen molar-refractivity contribution in [2.45, 2.75) is 20.0 Å². The molecule has 1 heterocycles. The first-order valence-corrected chi connectivity index (χ1v) is 7.39. The topological polar surface area (TPSA) is 68.7 Å². The van der Waals surface area contributed by atoms with E-state index in [2.05, 4.69) is 11.6 Å². The summed E-state index contributed by atoms with van der Waals surface area (Å²) in [6.07, 6.45) is 2.65. The lowest BCUT2D eigenvalue weighted by molar-refractivity contribution is 0.0692. The molecular weight excluding hydrogens is 337 g/mol. The second-order valence-electron chi connectivity index (χ2n) is 5.11. The molecule has 5 nitrogen and oxygen atoms in total. The van der Waals surface area contributed by atoms with Crippen molar-refractivity contribution in [1.29, 1.82) is 0 Å². The van der Waals surface area contributed by atoms with Crippen LogP contribution in [-0.2, 0) is 0 Å². The molecule has 0 saturated carbocycles. The standard InChI is InChI=1S/C17H15ClFNO4/c1-4-10-5-12(17(21)22)14(19)7-15(10)24-11-6-13(18)16(20-8-11)23-9(2)3/h4-9H,1H2,2-3H3,(H,21,22). The summed E-state index contributed by atoms with van der Waals surface area (Å²) in [6.45, 7) is 7.25. The first-order valence-electron chi connectivity index (χ1n) is 7.01. The lowest BCUT2D eigenvalue weighted by atomic mass is 10.1. The maximum atomic E-state index is 13.8. The number of aromatic carboxylic acids is 1. The molecule has 0 fully saturated rings. The van der Waals surface area contributed by atoms with Crippen molar-refractivity contribution in [2.24, 2.45) is 0 Å². The van der Waals surface area contributed by atoms with Gasteiger partial charge in [-0.2, -0.15) is 0 Å². The second-order valence-corrected chi connectivity index (χ2v) is 5.51. The van der Waals surface area contributed by atoms with Gasteiger partial charge in [0.2, 0.25) is 5.88 Å². The molecule has 0 amide bonds. The highest BCUT2D eigenvalue weighted by atomic mass is 35.5. The molecule has 0 unspecified atom stereocenters. The number of carbonyl (C=O) groups is 1. The van der Waals surface area contributed by atoms with Crippen molar-refractivity contribution in [3.8, 4) is 17.4 Å². The van der Waals surface area contributed by atoms with Gasteiger partial charge in [0.05, 0.1) is 17.9 Å². The average Bonchev–Trinajstić information content (AvgIpc) is 2.49. The molecule has 0 aliphatic carbocycles. The third-order valence-corrected chi connectivity index (χ3v) is 3.18. The van der Waals surface area contributed by atoms with Crippen LogP contribution in [0.3, 0.4) is 0 Å². The van der Waals surface area contributed by atoms with Crippen LogP contribution in [0.25, 0.3) is 6.08 Å². The summed E-state index contributed by atoms with van der Waals surface area (Å²) >= 11 is 6.07. The number of pyridine rings is 1. The van der Waals surface area contributed by atoms with Gasteiger partial charge >= 0.3 is 5.97 Å². The van der Waals surface area contributed by atoms with Crippen LogP contribution in [0.5, 0.6) is 17.4 Å². The molecule has 0 aliphatic rings. The monoisotopic (exact) mass is 351 g/mol. The Kier molecular flexibility index (Phi) is 5.41. The van der Waals surface area contributed by atoms with Gasteiger partial charge in [-0.05, 0) is 19.9 Å². The smallest absolute Gasteiger partial charge is 0.338 e. The fourth-order valence-corrected chi connectivity index (χ4v) is 2.09. The third-order valence-electron chi connectivity index (χ3n) is 2.91. The number of carboxylic acid groups (broad SMARTS) is 1. The Bertz CT molecular complexity index is 792. The predicted octanol–water partition coefficient (Wildman–Crippen LogP) is 4.79. The zero-order valence-electron chi connectivity index (χ0n) is 13.0. The molecular formula is C17H15ClFNO4. The van der Waals surface area contributed by atoms with E-state index < -0.39 is 17.3 Å².